The Balaban J connectivity index is 1.92. The zero-order valence-corrected chi connectivity index (χ0v) is 16.8. The number of nitrogens with zero attached hydrogens (tertiary/aromatic N) is 2. The van der Waals surface area contributed by atoms with Gasteiger partial charge in [-0.3, -0.25) is 10.1 Å². The number of hydrogen-bond donors (Lipinski definition) is 1. The number of non-ortho nitro benzene ring substituents is 1. The molecule has 2 aromatic carbocycles. The van der Waals surface area contributed by atoms with E-state index in [-0.39, 0.29) is 24.2 Å². The Morgan fingerprint density at radius 2 is 1.79 bits per heavy atom. The predicted octanol–water partition coefficient (Wildman–Crippen LogP) is 4.42. The fourth-order valence-corrected chi connectivity index (χ4v) is 4.19. The summed E-state index contributed by atoms with van der Waals surface area (Å²) in [7, 11) is 0. The molecular formula is C22H26N2O5. The summed E-state index contributed by atoms with van der Waals surface area (Å²) < 4.78 is 5.74. The molecule has 1 unspecified atom stereocenters. The molecule has 2 aromatic rings. The minimum atomic E-state index is -0.837. The van der Waals surface area contributed by atoms with E-state index in [0.717, 1.165) is 11.1 Å². The highest BCUT2D eigenvalue weighted by molar-refractivity contribution is 5.70. The maximum absolute atomic E-state index is 12.8. The van der Waals surface area contributed by atoms with Crippen LogP contribution in [0.2, 0.25) is 0 Å². The molecule has 7 heteroatoms. The van der Waals surface area contributed by atoms with E-state index in [0.29, 0.717) is 6.42 Å². The van der Waals surface area contributed by atoms with Crippen molar-refractivity contribution in [3.63, 3.8) is 0 Å². The molecule has 1 heterocycles. The molecule has 0 aliphatic carbocycles. The minimum Gasteiger partial charge on any atom is -0.443 e. The van der Waals surface area contributed by atoms with Gasteiger partial charge >= 0.3 is 6.09 Å². The van der Waals surface area contributed by atoms with E-state index in [4.69, 9.17) is 4.74 Å². The number of amides is 1. The molecule has 1 N–H and O–H groups in total. The molecule has 3 atom stereocenters. The average molecular weight is 398 g/mol. The van der Waals surface area contributed by atoms with Crippen molar-refractivity contribution >= 4 is 11.8 Å². The highest BCUT2D eigenvalue weighted by atomic mass is 16.6. The first-order valence-corrected chi connectivity index (χ1v) is 9.71. The Kier molecular flexibility index (Phi) is 5.88. The van der Waals surface area contributed by atoms with Gasteiger partial charge in [-0.05, 0) is 31.4 Å². The summed E-state index contributed by atoms with van der Waals surface area (Å²) in [5.74, 6) is -0.200. The Hall–Kier alpha value is -2.93. The van der Waals surface area contributed by atoms with Crippen LogP contribution in [0.4, 0.5) is 10.5 Å². The van der Waals surface area contributed by atoms with Crippen molar-refractivity contribution in [3.8, 4) is 0 Å². The van der Waals surface area contributed by atoms with Crippen molar-refractivity contribution in [2.24, 2.45) is 0 Å². The molecule has 1 saturated heterocycles. The molecular weight excluding hydrogens is 372 g/mol. The number of aliphatic hydroxyl groups excluding tert-OH is 1. The SMILES string of the molecule is CC[C@H]1C(c2ccc([N+](=O)[O-])cc2)C(C)(C)OC(=O)N1C[C@H](O)c1ccccc1. The number of carbonyl (C=O) groups excluding carboxylic acids is 1. The highest BCUT2D eigenvalue weighted by Gasteiger charge is 2.48. The van der Waals surface area contributed by atoms with E-state index >= 15 is 0 Å². The fraction of sp³-hybridized carbons (Fsp3) is 0.409. The molecule has 29 heavy (non-hydrogen) atoms. The fourth-order valence-electron chi connectivity index (χ4n) is 4.19. The molecule has 3 rings (SSSR count). The number of benzene rings is 2. The average Bonchev–Trinajstić information content (AvgIpc) is 2.69. The summed E-state index contributed by atoms with van der Waals surface area (Å²) in [6.45, 7) is 5.80. The van der Waals surface area contributed by atoms with E-state index in [2.05, 4.69) is 0 Å². The number of rotatable bonds is 6. The number of ether oxygens (including phenoxy) is 1. The summed E-state index contributed by atoms with van der Waals surface area (Å²) in [6.07, 6.45) is -0.645. The molecule has 1 fully saturated rings. The van der Waals surface area contributed by atoms with Crippen LogP contribution in [0.15, 0.2) is 54.6 Å². The number of cyclic esters (lactones) is 1. The van der Waals surface area contributed by atoms with E-state index in [1.807, 2.05) is 51.1 Å². The van der Waals surface area contributed by atoms with Crippen LogP contribution >= 0.6 is 0 Å². The molecule has 1 amide bonds. The first-order chi connectivity index (χ1) is 13.7. The van der Waals surface area contributed by atoms with Gasteiger partial charge in [0.25, 0.3) is 5.69 Å². The normalized spacial score (nSPS) is 22.1. The third kappa shape index (κ3) is 4.24. The van der Waals surface area contributed by atoms with Crippen molar-refractivity contribution in [2.75, 3.05) is 6.54 Å². The minimum absolute atomic E-state index is 0.0174. The van der Waals surface area contributed by atoms with Gasteiger partial charge in [0.2, 0.25) is 0 Å². The molecule has 0 bridgehead atoms. The third-order valence-corrected chi connectivity index (χ3v) is 5.55. The van der Waals surface area contributed by atoms with Crippen molar-refractivity contribution in [2.45, 2.75) is 50.9 Å². The smallest absolute Gasteiger partial charge is 0.410 e. The van der Waals surface area contributed by atoms with Gasteiger partial charge in [0, 0.05) is 24.1 Å². The Morgan fingerprint density at radius 3 is 2.34 bits per heavy atom. The largest absolute Gasteiger partial charge is 0.443 e. The van der Waals surface area contributed by atoms with Crippen LogP contribution in [0.3, 0.4) is 0 Å². The number of nitro groups is 1. The van der Waals surface area contributed by atoms with Gasteiger partial charge in [-0.15, -0.1) is 0 Å². The van der Waals surface area contributed by atoms with Gasteiger partial charge in [-0.2, -0.15) is 0 Å². The number of β-amino-alcohol motifs (C(OH)–C–C–N with tert-alkyl or cyclic N) is 1. The molecule has 7 nitrogen and oxygen atoms in total. The first kappa shape index (κ1) is 20.8. The number of carbonyl (C=O) groups is 1. The van der Waals surface area contributed by atoms with Crippen LogP contribution in [0.25, 0.3) is 0 Å². The number of nitro benzene ring substituents is 1. The highest BCUT2D eigenvalue weighted by Crippen LogP contribution is 2.42. The molecule has 154 valence electrons. The maximum Gasteiger partial charge on any atom is 0.410 e. The quantitative estimate of drug-likeness (QED) is 0.574. The lowest BCUT2D eigenvalue weighted by Gasteiger charge is -2.49. The van der Waals surface area contributed by atoms with Gasteiger partial charge < -0.3 is 14.7 Å². The molecule has 0 aromatic heterocycles. The molecule has 0 spiro atoms. The van der Waals surface area contributed by atoms with Crippen molar-refractivity contribution in [3.05, 3.63) is 75.8 Å². The van der Waals surface area contributed by atoms with Gasteiger partial charge in [0.15, 0.2) is 0 Å². The van der Waals surface area contributed by atoms with E-state index in [1.54, 1.807) is 17.0 Å². The van der Waals surface area contributed by atoms with E-state index < -0.39 is 22.7 Å². The van der Waals surface area contributed by atoms with Crippen molar-refractivity contribution in [1.29, 1.82) is 0 Å². The lowest BCUT2D eigenvalue weighted by molar-refractivity contribution is -0.384. The standard InChI is InChI=1S/C22H26N2O5/c1-4-18-20(16-10-12-17(13-11-16)24(27)28)22(2,3)29-21(26)23(18)14-19(25)15-8-6-5-7-9-15/h5-13,18-20,25H,4,14H2,1-3H3/t18-,19-,20?/m0/s1. The van der Waals surface area contributed by atoms with Crippen LogP contribution in [-0.4, -0.2) is 39.2 Å². The Labute approximate surface area is 170 Å². The summed E-state index contributed by atoms with van der Waals surface area (Å²) in [5.41, 5.74) is 0.817. The summed E-state index contributed by atoms with van der Waals surface area (Å²) in [4.78, 5) is 24.9. The zero-order chi connectivity index (χ0) is 21.2. The van der Waals surface area contributed by atoms with Gasteiger partial charge in [0.05, 0.1) is 17.6 Å². The second-order valence-corrected chi connectivity index (χ2v) is 7.85. The Morgan fingerprint density at radius 1 is 1.17 bits per heavy atom. The first-order valence-electron chi connectivity index (χ1n) is 9.71. The van der Waals surface area contributed by atoms with E-state index in [1.165, 1.54) is 12.1 Å². The molecule has 1 aliphatic rings. The predicted molar refractivity (Wildman–Crippen MR) is 109 cm³/mol. The van der Waals surface area contributed by atoms with Gasteiger partial charge in [-0.25, -0.2) is 4.79 Å². The Bertz CT molecular complexity index is 867. The molecule has 1 aliphatic heterocycles. The van der Waals surface area contributed by atoms with Gasteiger partial charge in [0.1, 0.15) is 5.60 Å². The van der Waals surface area contributed by atoms with Crippen LogP contribution < -0.4 is 0 Å². The lowest BCUT2D eigenvalue weighted by Crippen LogP contribution is -2.58. The van der Waals surface area contributed by atoms with Crippen molar-refractivity contribution in [1.82, 2.24) is 4.90 Å². The zero-order valence-electron chi connectivity index (χ0n) is 16.8. The molecule has 0 saturated carbocycles. The summed E-state index contributed by atoms with van der Waals surface area (Å²) >= 11 is 0. The maximum atomic E-state index is 12.8. The summed E-state index contributed by atoms with van der Waals surface area (Å²) in [6, 6.07) is 15.3. The van der Waals surface area contributed by atoms with Crippen LogP contribution in [-0.2, 0) is 4.74 Å². The second kappa shape index (κ2) is 8.21. The van der Waals surface area contributed by atoms with Crippen molar-refractivity contribution < 1.29 is 19.6 Å². The monoisotopic (exact) mass is 398 g/mol. The summed E-state index contributed by atoms with van der Waals surface area (Å²) in [5, 5.41) is 21.7. The topological polar surface area (TPSA) is 92.9 Å². The molecule has 0 radical (unpaired) electrons. The van der Waals surface area contributed by atoms with Crippen LogP contribution in [0.1, 0.15) is 50.3 Å². The lowest BCUT2D eigenvalue weighted by atomic mass is 9.76. The van der Waals surface area contributed by atoms with E-state index in [9.17, 15) is 20.0 Å². The van der Waals surface area contributed by atoms with Gasteiger partial charge in [-0.1, -0.05) is 49.4 Å². The number of hydrogen-bond acceptors (Lipinski definition) is 5. The second-order valence-electron chi connectivity index (χ2n) is 7.85. The third-order valence-electron chi connectivity index (χ3n) is 5.55. The number of aliphatic hydroxyl groups is 1. The van der Waals surface area contributed by atoms with Crippen LogP contribution in [0, 0.1) is 10.1 Å². The van der Waals surface area contributed by atoms with Crippen LogP contribution in [0.5, 0.6) is 0 Å².